The number of nitrogens with one attached hydrogen (secondary N) is 1. The Morgan fingerprint density at radius 2 is 2.20 bits per heavy atom. The van der Waals surface area contributed by atoms with Crippen LogP contribution in [0, 0.1) is 0 Å². The fourth-order valence-electron chi connectivity index (χ4n) is 2.16. The third kappa shape index (κ3) is 4.33. The monoisotopic (exact) mass is 230 g/mol. The summed E-state index contributed by atoms with van der Waals surface area (Å²) in [4.78, 5) is 2.69. The van der Waals surface area contributed by atoms with Crippen LogP contribution in [0.25, 0.3) is 0 Å². The van der Waals surface area contributed by atoms with Crippen LogP contribution in [0.15, 0.2) is 0 Å². The summed E-state index contributed by atoms with van der Waals surface area (Å²) in [5, 5.41) is 4.35. The Morgan fingerprint density at radius 1 is 1.40 bits per heavy atom. The molecule has 0 amide bonds. The van der Waals surface area contributed by atoms with Gasteiger partial charge in [-0.2, -0.15) is 11.8 Å². The lowest BCUT2D eigenvalue weighted by atomic mass is 10.1. The number of rotatable bonds is 6. The molecule has 0 spiro atoms. The van der Waals surface area contributed by atoms with Gasteiger partial charge in [-0.15, -0.1) is 0 Å². The molecule has 1 aliphatic heterocycles. The van der Waals surface area contributed by atoms with Crippen LogP contribution in [0.5, 0.6) is 0 Å². The molecule has 0 saturated carbocycles. The molecule has 1 heterocycles. The lowest BCUT2D eigenvalue weighted by Crippen LogP contribution is -2.48. The Morgan fingerprint density at radius 3 is 2.80 bits per heavy atom. The minimum atomic E-state index is 0.750. The van der Waals surface area contributed by atoms with E-state index in [0.29, 0.717) is 0 Å². The summed E-state index contributed by atoms with van der Waals surface area (Å²) < 4.78 is 0. The van der Waals surface area contributed by atoms with Crippen molar-refractivity contribution in [2.75, 3.05) is 31.9 Å². The first-order valence-electron chi connectivity index (χ1n) is 6.38. The van der Waals surface area contributed by atoms with E-state index in [2.05, 4.69) is 42.7 Å². The van der Waals surface area contributed by atoms with Gasteiger partial charge >= 0.3 is 0 Å². The van der Waals surface area contributed by atoms with Gasteiger partial charge in [0.25, 0.3) is 0 Å². The second-order valence-electron chi connectivity index (χ2n) is 4.27. The largest absolute Gasteiger partial charge is 0.315 e. The van der Waals surface area contributed by atoms with Crippen LogP contribution in [0.4, 0.5) is 0 Å². The molecule has 0 aromatic heterocycles. The maximum Gasteiger partial charge on any atom is 0.0218 e. The highest BCUT2D eigenvalue weighted by Gasteiger charge is 2.23. The van der Waals surface area contributed by atoms with Gasteiger partial charge in [-0.3, -0.25) is 4.90 Å². The standard InChI is InChI=1S/C12H26N2S/c1-4-11(9-13-6-3)14-7-8-15-12(5-2)10-14/h11-13H,4-10H2,1-3H3. The maximum atomic E-state index is 3.48. The van der Waals surface area contributed by atoms with Gasteiger partial charge < -0.3 is 5.32 Å². The molecular formula is C12H26N2S. The molecule has 1 N–H and O–H groups in total. The van der Waals surface area contributed by atoms with Gasteiger partial charge in [0.2, 0.25) is 0 Å². The molecule has 90 valence electrons. The lowest BCUT2D eigenvalue weighted by Gasteiger charge is -2.37. The highest BCUT2D eigenvalue weighted by Crippen LogP contribution is 2.23. The number of nitrogens with zero attached hydrogens (tertiary/aromatic N) is 1. The Balaban J connectivity index is 2.37. The number of hydrogen-bond donors (Lipinski definition) is 1. The van der Waals surface area contributed by atoms with Crippen LogP contribution in [0.3, 0.4) is 0 Å². The van der Waals surface area contributed by atoms with Crippen molar-refractivity contribution in [2.24, 2.45) is 0 Å². The van der Waals surface area contributed by atoms with Crippen molar-refractivity contribution >= 4 is 11.8 Å². The SMILES string of the molecule is CCNCC(CC)N1CCSC(CC)C1. The van der Waals surface area contributed by atoms with Crippen molar-refractivity contribution in [3.8, 4) is 0 Å². The van der Waals surface area contributed by atoms with E-state index in [1.807, 2.05) is 0 Å². The first-order valence-corrected chi connectivity index (χ1v) is 7.43. The maximum absolute atomic E-state index is 3.48. The summed E-state index contributed by atoms with van der Waals surface area (Å²) >= 11 is 2.16. The van der Waals surface area contributed by atoms with Crippen LogP contribution in [-0.2, 0) is 0 Å². The minimum absolute atomic E-state index is 0.750. The summed E-state index contributed by atoms with van der Waals surface area (Å²) in [6, 6.07) is 0.750. The van der Waals surface area contributed by atoms with Crippen LogP contribution >= 0.6 is 11.8 Å². The highest BCUT2D eigenvalue weighted by atomic mass is 32.2. The second kappa shape index (κ2) is 7.53. The van der Waals surface area contributed by atoms with Gasteiger partial charge in [0.05, 0.1) is 0 Å². The van der Waals surface area contributed by atoms with Crippen molar-refractivity contribution in [3.63, 3.8) is 0 Å². The first kappa shape index (κ1) is 13.3. The predicted octanol–water partition coefficient (Wildman–Crippen LogP) is 2.20. The summed E-state index contributed by atoms with van der Waals surface area (Å²) in [5.74, 6) is 1.32. The van der Waals surface area contributed by atoms with Crippen molar-refractivity contribution in [2.45, 2.75) is 44.9 Å². The Kier molecular flexibility index (Phi) is 6.69. The molecule has 0 aliphatic carbocycles. The smallest absolute Gasteiger partial charge is 0.0218 e. The van der Waals surface area contributed by atoms with Crippen molar-refractivity contribution in [1.29, 1.82) is 0 Å². The quantitative estimate of drug-likeness (QED) is 0.753. The summed E-state index contributed by atoms with van der Waals surface area (Å²) in [5.41, 5.74) is 0. The molecule has 1 rings (SSSR count). The van der Waals surface area contributed by atoms with Gasteiger partial charge in [0.1, 0.15) is 0 Å². The zero-order chi connectivity index (χ0) is 11.1. The number of hydrogen-bond acceptors (Lipinski definition) is 3. The molecule has 1 saturated heterocycles. The van der Waals surface area contributed by atoms with Crippen molar-refractivity contribution in [1.82, 2.24) is 10.2 Å². The van der Waals surface area contributed by atoms with Gasteiger partial charge in [0, 0.05) is 36.7 Å². The van der Waals surface area contributed by atoms with Gasteiger partial charge in [0.15, 0.2) is 0 Å². The summed E-state index contributed by atoms with van der Waals surface area (Å²) in [6.07, 6.45) is 2.59. The minimum Gasteiger partial charge on any atom is -0.315 e. The van der Waals surface area contributed by atoms with Crippen molar-refractivity contribution < 1.29 is 0 Å². The second-order valence-corrected chi connectivity index (χ2v) is 5.67. The van der Waals surface area contributed by atoms with E-state index in [-0.39, 0.29) is 0 Å². The molecular weight excluding hydrogens is 204 g/mol. The zero-order valence-electron chi connectivity index (χ0n) is 10.5. The topological polar surface area (TPSA) is 15.3 Å². The van der Waals surface area contributed by atoms with E-state index in [1.54, 1.807) is 0 Å². The molecule has 0 radical (unpaired) electrons. The Hall–Kier alpha value is 0.270. The van der Waals surface area contributed by atoms with Gasteiger partial charge in [-0.05, 0) is 19.4 Å². The van der Waals surface area contributed by atoms with Crippen LogP contribution < -0.4 is 5.32 Å². The van der Waals surface area contributed by atoms with Crippen molar-refractivity contribution in [3.05, 3.63) is 0 Å². The molecule has 0 bridgehead atoms. The molecule has 2 unspecified atom stereocenters. The first-order chi connectivity index (χ1) is 7.31. The molecule has 2 atom stereocenters. The van der Waals surface area contributed by atoms with Crippen LogP contribution in [-0.4, -0.2) is 48.1 Å². The zero-order valence-corrected chi connectivity index (χ0v) is 11.3. The van der Waals surface area contributed by atoms with E-state index in [0.717, 1.165) is 24.4 Å². The Labute approximate surface area is 99.2 Å². The van der Waals surface area contributed by atoms with E-state index >= 15 is 0 Å². The molecule has 0 aromatic carbocycles. The third-order valence-corrected chi connectivity index (χ3v) is 4.62. The van der Waals surface area contributed by atoms with Gasteiger partial charge in [-0.1, -0.05) is 20.8 Å². The molecule has 3 heteroatoms. The number of likely N-dealkylation sites (N-methyl/N-ethyl adjacent to an activating group) is 1. The average molecular weight is 230 g/mol. The van der Waals surface area contributed by atoms with Gasteiger partial charge in [-0.25, -0.2) is 0 Å². The lowest BCUT2D eigenvalue weighted by molar-refractivity contribution is 0.192. The van der Waals surface area contributed by atoms with Crippen LogP contribution in [0.1, 0.15) is 33.6 Å². The summed E-state index contributed by atoms with van der Waals surface area (Å²) in [6.45, 7) is 11.6. The fourth-order valence-corrected chi connectivity index (χ4v) is 3.37. The van der Waals surface area contributed by atoms with E-state index in [1.165, 1.54) is 31.7 Å². The Bertz CT molecular complexity index is 164. The fraction of sp³-hybridized carbons (Fsp3) is 1.00. The summed E-state index contributed by atoms with van der Waals surface area (Å²) in [7, 11) is 0. The van der Waals surface area contributed by atoms with E-state index < -0.39 is 0 Å². The molecule has 0 aromatic rings. The van der Waals surface area contributed by atoms with Crippen LogP contribution in [0.2, 0.25) is 0 Å². The van der Waals surface area contributed by atoms with E-state index in [9.17, 15) is 0 Å². The molecule has 1 aliphatic rings. The number of thioether (sulfide) groups is 1. The molecule has 2 nitrogen and oxygen atoms in total. The average Bonchev–Trinajstić information content (AvgIpc) is 2.30. The van der Waals surface area contributed by atoms with E-state index in [4.69, 9.17) is 0 Å². The molecule has 1 fully saturated rings. The molecule has 15 heavy (non-hydrogen) atoms. The normalized spacial score (nSPS) is 25.4. The third-order valence-electron chi connectivity index (χ3n) is 3.24. The highest BCUT2D eigenvalue weighted by molar-refractivity contribution is 8.00. The predicted molar refractivity (Wildman–Crippen MR) is 70.7 cm³/mol.